The topological polar surface area (TPSA) is 107 Å². The number of aliphatic hydroxyl groups excluding tert-OH is 1. The van der Waals surface area contributed by atoms with Crippen molar-refractivity contribution in [2.24, 2.45) is 5.92 Å². The lowest BCUT2D eigenvalue weighted by Crippen LogP contribution is -2.33. The van der Waals surface area contributed by atoms with Gasteiger partial charge in [-0.15, -0.1) is 0 Å². The molecule has 176 valence electrons. The number of carbonyl (C=O) groups excluding carboxylic acids is 1. The standard InChI is InChI=1S/C23H35N5O3S/c1-5-8-10-18(29)12-11-17(7-3)13-15-24-23-25-19-14-16-32(31)21(19)22(26-23)27-28(4)20(30)9-6-2/h5,8,10,12,17,29H,1,6-7,9,11,13-16H2,2-4H3,(H2,24,25,26,27)/b10-8-,18-12+. The van der Waals surface area contributed by atoms with Crippen molar-refractivity contribution in [3.63, 3.8) is 0 Å². The van der Waals surface area contributed by atoms with E-state index in [1.54, 1.807) is 25.3 Å². The molecule has 0 fully saturated rings. The molecule has 3 N–H and O–H groups in total. The van der Waals surface area contributed by atoms with Gasteiger partial charge >= 0.3 is 0 Å². The van der Waals surface area contributed by atoms with E-state index in [9.17, 15) is 14.1 Å². The number of carbonyl (C=O) groups is 1. The number of rotatable bonds is 13. The first-order valence-electron chi connectivity index (χ1n) is 11.1. The summed E-state index contributed by atoms with van der Waals surface area (Å²) < 4.78 is 12.4. The van der Waals surface area contributed by atoms with Crippen LogP contribution in [0.2, 0.25) is 0 Å². The van der Waals surface area contributed by atoms with Gasteiger partial charge in [-0.3, -0.25) is 19.4 Å². The second-order valence-corrected chi connectivity index (χ2v) is 9.24. The van der Waals surface area contributed by atoms with Gasteiger partial charge in [-0.25, -0.2) is 4.98 Å². The van der Waals surface area contributed by atoms with Crippen LogP contribution in [0, 0.1) is 5.92 Å². The number of anilines is 2. The maximum Gasteiger partial charge on any atom is 0.240 e. The van der Waals surface area contributed by atoms with Gasteiger partial charge in [-0.05, 0) is 37.3 Å². The molecule has 2 heterocycles. The summed E-state index contributed by atoms with van der Waals surface area (Å²) >= 11 is 0. The highest BCUT2D eigenvalue weighted by Crippen LogP contribution is 2.29. The van der Waals surface area contributed by atoms with E-state index in [0.29, 0.717) is 47.7 Å². The second kappa shape index (κ2) is 13.0. The molecule has 0 aromatic carbocycles. The average molecular weight is 462 g/mol. The number of amides is 1. The summed E-state index contributed by atoms with van der Waals surface area (Å²) in [6, 6.07) is 0. The fraction of sp³-hybridized carbons (Fsp3) is 0.522. The van der Waals surface area contributed by atoms with Crippen LogP contribution in [0.25, 0.3) is 0 Å². The number of aryl methyl sites for hydroxylation is 1. The summed E-state index contributed by atoms with van der Waals surface area (Å²) in [5, 5.41) is 14.5. The van der Waals surface area contributed by atoms with E-state index in [2.05, 4.69) is 34.2 Å². The largest absolute Gasteiger partial charge is 0.508 e. The zero-order valence-corrected chi connectivity index (χ0v) is 20.1. The van der Waals surface area contributed by atoms with E-state index in [4.69, 9.17) is 0 Å². The molecule has 0 radical (unpaired) electrons. The number of aliphatic hydroxyl groups is 1. The number of hydrogen-bond donors (Lipinski definition) is 3. The minimum atomic E-state index is -1.17. The fourth-order valence-electron chi connectivity index (χ4n) is 3.35. The SMILES string of the molecule is C=C/C=C\C(O)=C/CC(CC)CCNc1nc2c(c(NN(C)C(=O)CCC)n1)S(=O)CC2. The van der Waals surface area contributed by atoms with E-state index in [0.717, 1.165) is 31.4 Å². The molecule has 0 bridgehead atoms. The van der Waals surface area contributed by atoms with Gasteiger partial charge in [0.15, 0.2) is 5.82 Å². The molecule has 1 amide bonds. The molecule has 0 saturated carbocycles. The van der Waals surface area contributed by atoms with Gasteiger partial charge in [0.1, 0.15) is 10.7 Å². The molecular weight excluding hydrogens is 426 g/mol. The van der Waals surface area contributed by atoms with Crippen LogP contribution in [0.5, 0.6) is 0 Å². The monoisotopic (exact) mass is 461 g/mol. The molecule has 2 rings (SSSR count). The number of nitrogens with one attached hydrogen (secondary N) is 2. The van der Waals surface area contributed by atoms with Crippen molar-refractivity contribution < 1.29 is 14.1 Å². The Hall–Kier alpha value is -2.68. The lowest BCUT2D eigenvalue weighted by Gasteiger charge is -2.21. The second-order valence-electron chi connectivity index (χ2n) is 7.74. The van der Waals surface area contributed by atoms with Crippen molar-refractivity contribution in [2.45, 2.75) is 57.3 Å². The molecule has 0 aliphatic carbocycles. The fourth-order valence-corrected chi connectivity index (χ4v) is 4.65. The van der Waals surface area contributed by atoms with E-state index < -0.39 is 10.8 Å². The van der Waals surface area contributed by atoms with Crippen molar-refractivity contribution >= 4 is 28.5 Å². The molecule has 1 aliphatic heterocycles. The van der Waals surface area contributed by atoms with Gasteiger partial charge in [-0.2, -0.15) is 4.98 Å². The lowest BCUT2D eigenvalue weighted by atomic mass is 9.98. The summed E-state index contributed by atoms with van der Waals surface area (Å²) in [5.41, 5.74) is 3.77. The molecular formula is C23H35N5O3S. The minimum Gasteiger partial charge on any atom is -0.508 e. The summed E-state index contributed by atoms with van der Waals surface area (Å²) in [7, 11) is 0.479. The molecule has 0 saturated heterocycles. The van der Waals surface area contributed by atoms with Crippen molar-refractivity contribution in [3.05, 3.63) is 42.3 Å². The summed E-state index contributed by atoms with van der Waals surface area (Å²) in [4.78, 5) is 21.8. The molecule has 32 heavy (non-hydrogen) atoms. The summed E-state index contributed by atoms with van der Waals surface area (Å²) in [5.74, 6) is 1.99. The highest BCUT2D eigenvalue weighted by atomic mass is 32.2. The van der Waals surface area contributed by atoms with E-state index in [-0.39, 0.29) is 11.7 Å². The number of aromatic nitrogens is 2. The highest BCUT2D eigenvalue weighted by molar-refractivity contribution is 7.85. The predicted molar refractivity (Wildman–Crippen MR) is 130 cm³/mol. The molecule has 9 heteroatoms. The Morgan fingerprint density at radius 3 is 2.84 bits per heavy atom. The van der Waals surface area contributed by atoms with Crippen LogP contribution < -0.4 is 10.7 Å². The summed E-state index contributed by atoms with van der Waals surface area (Å²) in [6.07, 6.45) is 11.2. The highest BCUT2D eigenvalue weighted by Gasteiger charge is 2.27. The zero-order chi connectivity index (χ0) is 23.5. The van der Waals surface area contributed by atoms with Gasteiger partial charge < -0.3 is 10.4 Å². The van der Waals surface area contributed by atoms with Crippen molar-refractivity contribution in [2.75, 3.05) is 30.1 Å². The number of hydrazine groups is 1. The van der Waals surface area contributed by atoms with Gasteiger partial charge in [-0.1, -0.05) is 39.0 Å². The molecule has 2 unspecified atom stereocenters. The van der Waals surface area contributed by atoms with Crippen LogP contribution in [0.1, 0.15) is 51.6 Å². The van der Waals surface area contributed by atoms with E-state index in [1.807, 2.05) is 13.0 Å². The van der Waals surface area contributed by atoms with Gasteiger partial charge in [0.2, 0.25) is 11.9 Å². The first-order chi connectivity index (χ1) is 15.4. The number of hydrogen-bond acceptors (Lipinski definition) is 7. The van der Waals surface area contributed by atoms with Crippen LogP contribution >= 0.6 is 0 Å². The van der Waals surface area contributed by atoms with Crippen LogP contribution in [0.15, 0.2) is 41.5 Å². The van der Waals surface area contributed by atoms with Gasteiger partial charge in [0, 0.05) is 32.2 Å². The van der Waals surface area contributed by atoms with Crippen molar-refractivity contribution in [3.8, 4) is 0 Å². The third-order valence-corrected chi connectivity index (χ3v) is 6.73. The van der Waals surface area contributed by atoms with Crippen LogP contribution in [-0.2, 0) is 22.0 Å². The quantitative estimate of drug-likeness (QED) is 0.230. The lowest BCUT2D eigenvalue weighted by molar-refractivity contribution is -0.128. The molecule has 2 atom stereocenters. The molecule has 1 aromatic heterocycles. The van der Waals surface area contributed by atoms with Gasteiger partial charge in [0.25, 0.3) is 0 Å². The van der Waals surface area contributed by atoms with Crippen molar-refractivity contribution in [1.29, 1.82) is 0 Å². The molecule has 1 aromatic rings. The van der Waals surface area contributed by atoms with Crippen LogP contribution in [0.3, 0.4) is 0 Å². The van der Waals surface area contributed by atoms with E-state index in [1.165, 1.54) is 5.01 Å². The Morgan fingerprint density at radius 1 is 1.38 bits per heavy atom. The Kier molecular flexibility index (Phi) is 10.4. The number of nitrogens with zero attached hydrogens (tertiary/aromatic N) is 3. The van der Waals surface area contributed by atoms with E-state index >= 15 is 0 Å². The number of allylic oxidation sites excluding steroid dienone is 4. The normalized spacial score (nSPS) is 16.6. The predicted octanol–water partition coefficient (Wildman–Crippen LogP) is 4.13. The molecule has 8 nitrogen and oxygen atoms in total. The van der Waals surface area contributed by atoms with Crippen molar-refractivity contribution in [1.82, 2.24) is 15.0 Å². The maximum atomic E-state index is 12.4. The minimum absolute atomic E-state index is 0.0526. The van der Waals surface area contributed by atoms with Gasteiger partial charge in [0.05, 0.1) is 16.5 Å². The average Bonchev–Trinajstić information content (AvgIpc) is 3.15. The first-order valence-corrected chi connectivity index (χ1v) is 12.5. The third-order valence-electron chi connectivity index (χ3n) is 5.28. The smallest absolute Gasteiger partial charge is 0.240 e. The molecule has 1 aliphatic rings. The first kappa shape index (κ1) is 25.6. The Labute approximate surface area is 193 Å². The Morgan fingerprint density at radius 2 is 2.16 bits per heavy atom. The Balaban J connectivity index is 2.04. The maximum absolute atomic E-state index is 12.4. The summed E-state index contributed by atoms with van der Waals surface area (Å²) in [6.45, 7) is 8.33. The third kappa shape index (κ3) is 7.47. The number of fused-ring (bicyclic) bond motifs is 1. The zero-order valence-electron chi connectivity index (χ0n) is 19.3. The Bertz CT molecular complexity index is 885. The van der Waals surface area contributed by atoms with Crippen LogP contribution in [0.4, 0.5) is 11.8 Å². The molecule has 0 spiro atoms. The van der Waals surface area contributed by atoms with Crippen LogP contribution in [-0.4, -0.2) is 49.5 Å².